The van der Waals surface area contributed by atoms with Crippen molar-refractivity contribution < 1.29 is 23.1 Å². The molecule has 1 rings (SSSR count). The Morgan fingerprint density at radius 2 is 2.00 bits per heavy atom. The molecule has 18 heavy (non-hydrogen) atoms. The van der Waals surface area contributed by atoms with E-state index in [0.29, 0.717) is 19.3 Å². The highest BCUT2D eigenvalue weighted by atomic mass is 32.2. The Labute approximate surface area is 106 Å². The predicted molar refractivity (Wildman–Crippen MR) is 65.1 cm³/mol. The molecule has 1 unspecified atom stereocenters. The predicted octanol–water partition coefficient (Wildman–Crippen LogP) is -0.272. The molecule has 1 aliphatic rings. The Kier molecular flexibility index (Phi) is 5.39. The van der Waals surface area contributed by atoms with E-state index in [9.17, 15) is 18.0 Å². The Morgan fingerprint density at radius 3 is 2.56 bits per heavy atom. The SMILES string of the molecule is O=C(O)CCCNC(=O)NCC1CCCS1(=O)=O. The van der Waals surface area contributed by atoms with Gasteiger partial charge in [-0.15, -0.1) is 0 Å². The molecule has 3 N–H and O–H groups in total. The van der Waals surface area contributed by atoms with Crippen LogP contribution in [-0.2, 0) is 14.6 Å². The van der Waals surface area contributed by atoms with Crippen molar-refractivity contribution in [3.63, 3.8) is 0 Å². The van der Waals surface area contributed by atoms with Gasteiger partial charge in [0.05, 0.1) is 11.0 Å². The first-order valence-electron chi connectivity index (χ1n) is 5.87. The summed E-state index contributed by atoms with van der Waals surface area (Å²) < 4.78 is 22.9. The minimum atomic E-state index is -3.04. The summed E-state index contributed by atoms with van der Waals surface area (Å²) in [4.78, 5) is 21.5. The molecule has 7 nitrogen and oxygen atoms in total. The second-order valence-corrected chi connectivity index (χ2v) is 6.67. The molecule has 0 aliphatic carbocycles. The lowest BCUT2D eigenvalue weighted by atomic mass is 10.2. The number of rotatable bonds is 6. The molecular formula is C10H18N2O5S. The molecule has 0 spiro atoms. The number of carbonyl (C=O) groups is 2. The number of sulfone groups is 1. The van der Waals surface area contributed by atoms with Crippen LogP contribution in [0.1, 0.15) is 25.7 Å². The molecule has 0 saturated carbocycles. The third kappa shape index (κ3) is 4.91. The second-order valence-electron chi connectivity index (χ2n) is 4.27. The van der Waals surface area contributed by atoms with Gasteiger partial charge in [0.1, 0.15) is 0 Å². The van der Waals surface area contributed by atoms with Crippen LogP contribution in [0, 0.1) is 0 Å². The first-order valence-corrected chi connectivity index (χ1v) is 7.58. The van der Waals surface area contributed by atoms with E-state index in [0.717, 1.165) is 0 Å². The van der Waals surface area contributed by atoms with E-state index >= 15 is 0 Å². The molecule has 1 fully saturated rings. The van der Waals surface area contributed by atoms with Gasteiger partial charge in [0.15, 0.2) is 9.84 Å². The fourth-order valence-corrected chi connectivity index (χ4v) is 3.56. The molecule has 104 valence electrons. The smallest absolute Gasteiger partial charge is 0.314 e. The highest BCUT2D eigenvalue weighted by Gasteiger charge is 2.31. The van der Waals surface area contributed by atoms with Crippen molar-refractivity contribution in [2.45, 2.75) is 30.9 Å². The number of amides is 2. The zero-order valence-corrected chi connectivity index (χ0v) is 10.8. The molecule has 0 bridgehead atoms. The van der Waals surface area contributed by atoms with Crippen LogP contribution in [0.4, 0.5) is 4.79 Å². The summed E-state index contributed by atoms with van der Waals surface area (Å²) in [5, 5.41) is 12.9. The van der Waals surface area contributed by atoms with Crippen LogP contribution in [0.5, 0.6) is 0 Å². The maximum atomic E-state index is 11.5. The van der Waals surface area contributed by atoms with Crippen molar-refractivity contribution in [2.24, 2.45) is 0 Å². The Hall–Kier alpha value is -1.31. The van der Waals surface area contributed by atoms with Gasteiger partial charge in [-0.1, -0.05) is 0 Å². The van der Waals surface area contributed by atoms with Gasteiger partial charge in [0.2, 0.25) is 0 Å². The van der Waals surface area contributed by atoms with Gasteiger partial charge in [-0.2, -0.15) is 0 Å². The average molecular weight is 278 g/mol. The molecule has 0 aromatic rings. The molecule has 0 aromatic carbocycles. The van der Waals surface area contributed by atoms with E-state index in [1.165, 1.54) is 0 Å². The van der Waals surface area contributed by atoms with Crippen molar-refractivity contribution in [1.82, 2.24) is 10.6 Å². The maximum absolute atomic E-state index is 11.5. The average Bonchev–Trinajstić information content (AvgIpc) is 2.61. The fraction of sp³-hybridized carbons (Fsp3) is 0.800. The monoisotopic (exact) mass is 278 g/mol. The summed E-state index contributed by atoms with van der Waals surface area (Å²) in [6.07, 6.45) is 1.58. The van der Waals surface area contributed by atoms with Crippen LogP contribution in [0.3, 0.4) is 0 Å². The molecule has 0 radical (unpaired) electrons. The van der Waals surface area contributed by atoms with Gasteiger partial charge in [-0.25, -0.2) is 13.2 Å². The van der Waals surface area contributed by atoms with Gasteiger partial charge in [-0.05, 0) is 19.3 Å². The number of hydrogen-bond donors (Lipinski definition) is 3. The van der Waals surface area contributed by atoms with Crippen LogP contribution in [-0.4, -0.2) is 49.6 Å². The lowest BCUT2D eigenvalue weighted by Gasteiger charge is -2.11. The molecule has 2 amide bonds. The lowest BCUT2D eigenvalue weighted by Crippen LogP contribution is -2.41. The standard InChI is InChI=1S/C10H18N2O5S/c13-9(14)4-1-5-11-10(15)12-7-8-3-2-6-18(8,16)17/h8H,1-7H2,(H,13,14)(H2,11,12,15). The number of nitrogens with one attached hydrogen (secondary N) is 2. The fourth-order valence-electron chi connectivity index (χ4n) is 1.80. The number of hydrogen-bond acceptors (Lipinski definition) is 4. The van der Waals surface area contributed by atoms with Crippen molar-refractivity contribution in [1.29, 1.82) is 0 Å². The summed E-state index contributed by atoms with van der Waals surface area (Å²) in [5.74, 6) is -0.714. The quantitative estimate of drug-likeness (QED) is 0.579. The molecular weight excluding hydrogens is 260 g/mol. The van der Waals surface area contributed by atoms with Crippen LogP contribution < -0.4 is 10.6 Å². The molecule has 1 saturated heterocycles. The zero-order chi connectivity index (χ0) is 13.6. The molecule has 0 aromatic heterocycles. The second kappa shape index (κ2) is 6.58. The van der Waals surface area contributed by atoms with E-state index < -0.39 is 27.1 Å². The lowest BCUT2D eigenvalue weighted by molar-refractivity contribution is -0.137. The van der Waals surface area contributed by atoms with Crippen molar-refractivity contribution in [2.75, 3.05) is 18.8 Å². The third-order valence-corrected chi connectivity index (χ3v) is 5.08. The Bertz CT molecular complexity index is 406. The van der Waals surface area contributed by atoms with E-state index in [2.05, 4.69) is 10.6 Å². The third-order valence-electron chi connectivity index (χ3n) is 2.81. The number of carbonyl (C=O) groups excluding carboxylic acids is 1. The number of carboxylic acids is 1. The highest BCUT2D eigenvalue weighted by Crippen LogP contribution is 2.18. The van der Waals surface area contributed by atoms with E-state index in [1.807, 2.05) is 0 Å². The number of aliphatic carboxylic acids is 1. The summed E-state index contributed by atoms with van der Waals surface area (Å²) in [6.45, 7) is 0.378. The Balaban J connectivity index is 2.15. The van der Waals surface area contributed by atoms with Crippen LogP contribution in [0.2, 0.25) is 0 Å². The first-order chi connectivity index (χ1) is 8.42. The largest absolute Gasteiger partial charge is 0.481 e. The topological polar surface area (TPSA) is 113 Å². The summed E-state index contributed by atoms with van der Waals surface area (Å²) in [7, 11) is -3.04. The van der Waals surface area contributed by atoms with Crippen molar-refractivity contribution in [3.05, 3.63) is 0 Å². The van der Waals surface area contributed by atoms with Crippen LogP contribution >= 0.6 is 0 Å². The molecule has 8 heteroatoms. The number of urea groups is 1. The van der Waals surface area contributed by atoms with E-state index in [1.54, 1.807) is 0 Å². The minimum Gasteiger partial charge on any atom is -0.481 e. The summed E-state index contributed by atoms with van der Waals surface area (Å²) in [6, 6.07) is -0.456. The molecule has 1 atom stereocenters. The summed E-state index contributed by atoms with van der Waals surface area (Å²) >= 11 is 0. The van der Waals surface area contributed by atoms with E-state index in [4.69, 9.17) is 5.11 Å². The van der Waals surface area contributed by atoms with Gasteiger partial charge in [-0.3, -0.25) is 4.79 Å². The Morgan fingerprint density at radius 1 is 1.28 bits per heavy atom. The highest BCUT2D eigenvalue weighted by molar-refractivity contribution is 7.92. The maximum Gasteiger partial charge on any atom is 0.314 e. The van der Waals surface area contributed by atoms with Crippen LogP contribution in [0.15, 0.2) is 0 Å². The molecule has 1 heterocycles. The van der Waals surface area contributed by atoms with Gasteiger partial charge >= 0.3 is 12.0 Å². The summed E-state index contributed by atoms with van der Waals surface area (Å²) in [5.41, 5.74) is 0. The minimum absolute atomic E-state index is 0.00269. The van der Waals surface area contributed by atoms with Gasteiger partial charge < -0.3 is 15.7 Å². The number of carboxylic acid groups (broad SMARTS) is 1. The van der Waals surface area contributed by atoms with Crippen molar-refractivity contribution >= 4 is 21.8 Å². The van der Waals surface area contributed by atoms with Crippen LogP contribution in [0.25, 0.3) is 0 Å². The normalized spacial score (nSPS) is 21.4. The van der Waals surface area contributed by atoms with Crippen molar-refractivity contribution in [3.8, 4) is 0 Å². The van der Waals surface area contributed by atoms with Gasteiger partial charge in [0, 0.05) is 19.5 Å². The van der Waals surface area contributed by atoms with Gasteiger partial charge in [0.25, 0.3) is 0 Å². The first kappa shape index (κ1) is 14.7. The van der Waals surface area contributed by atoms with E-state index in [-0.39, 0.29) is 25.3 Å². The zero-order valence-electron chi connectivity index (χ0n) is 10.0. The molecule has 1 aliphatic heterocycles.